The molecule has 0 amide bonds. The van der Waals surface area contributed by atoms with Crippen molar-refractivity contribution in [1.29, 1.82) is 0 Å². The van der Waals surface area contributed by atoms with Gasteiger partial charge in [0.25, 0.3) is 0 Å². The van der Waals surface area contributed by atoms with Crippen molar-refractivity contribution in [3.05, 3.63) is 0 Å². The van der Waals surface area contributed by atoms with Crippen molar-refractivity contribution < 1.29 is 8.78 Å². The molecule has 2 unspecified atom stereocenters. The lowest BCUT2D eigenvalue weighted by molar-refractivity contribution is -0.0229. The lowest BCUT2D eigenvalue weighted by Gasteiger charge is -2.43. The Bertz CT molecular complexity index is 303. The van der Waals surface area contributed by atoms with Crippen LogP contribution in [-0.4, -0.2) is 11.3 Å². The number of alkyl halides is 2. The van der Waals surface area contributed by atoms with E-state index in [9.17, 15) is 4.39 Å². The maximum atomic E-state index is 15.7. The van der Waals surface area contributed by atoms with Crippen LogP contribution in [0.1, 0.15) is 113 Å². The molecule has 0 aromatic rings. The molecule has 0 aromatic carbocycles. The lowest BCUT2D eigenvalue weighted by atomic mass is 9.66. The summed E-state index contributed by atoms with van der Waals surface area (Å²) in [4.78, 5) is 0. The van der Waals surface area contributed by atoms with E-state index in [1.54, 1.807) is 6.92 Å². The lowest BCUT2D eigenvalue weighted by Crippen LogP contribution is -2.42. The molecule has 2 heteroatoms. The molecule has 0 rings (SSSR count). The molecule has 0 fully saturated rings. The molecule has 0 aliphatic rings. The van der Waals surface area contributed by atoms with Crippen molar-refractivity contribution in [3.8, 4) is 0 Å². The van der Waals surface area contributed by atoms with Gasteiger partial charge in [-0.1, -0.05) is 73.6 Å². The first-order chi connectivity index (χ1) is 10.7. The van der Waals surface area contributed by atoms with Crippen LogP contribution >= 0.6 is 0 Å². The van der Waals surface area contributed by atoms with Gasteiger partial charge in [-0.3, -0.25) is 0 Å². The van der Waals surface area contributed by atoms with Gasteiger partial charge in [-0.05, 0) is 44.9 Å². The quantitative estimate of drug-likeness (QED) is 0.299. The number of hydrogen-bond acceptors (Lipinski definition) is 0. The summed E-state index contributed by atoms with van der Waals surface area (Å²) in [6.07, 6.45) is 7.75. The van der Waals surface area contributed by atoms with Crippen LogP contribution in [0.15, 0.2) is 0 Å². The van der Waals surface area contributed by atoms with Gasteiger partial charge in [-0.2, -0.15) is 0 Å². The minimum Gasteiger partial charge on any atom is -0.244 e. The second kappa shape index (κ2) is 9.99. The highest BCUT2D eigenvalue weighted by molar-refractivity contribution is 4.95. The molecule has 0 bridgehead atoms. The van der Waals surface area contributed by atoms with Gasteiger partial charge >= 0.3 is 0 Å². The summed E-state index contributed by atoms with van der Waals surface area (Å²) in [6, 6.07) is 0. The Hall–Kier alpha value is -0.140. The van der Waals surface area contributed by atoms with Crippen molar-refractivity contribution in [2.24, 2.45) is 11.3 Å². The van der Waals surface area contributed by atoms with Gasteiger partial charge in [-0.15, -0.1) is 0 Å². The van der Waals surface area contributed by atoms with Crippen molar-refractivity contribution in [1.82, 2.24) is 0 Å². The van der Waals surface area contributed by atoms with Crippen LogP contribution in [0, 0.1) is 11.3 Å². The van der Waals surface area contributed by atoms with E-state index in [0.29, 0.717) is 19.3 Å². The minimum atomic E-state index is -1.11. The summed E-state index contributed by atoms with van der Waals surface area (Å²) in [6.45, 7) is 14.2. The zero-order valence-corrected chi connectivity index (χ0v) is 16.9. The number of unbranched alkanes of at least 4 members (excludes halogenated alkanes) is 1. The second-order valence-electron chi connectivity index (χ2n) is 7.98. The predicted molar refractivity (Wildman–Crippen MR) is 99.5 cm³/mol. The van der Waals surface area contributed by atoms with Crippen LogP contribution in [0.25, 0.3) is 0 Å². The highest BCUT2D eigenvalue weighted by Gasteiger charge is 2.45. The van der Waals surface area contributed by atoms with Gasteiger partial charge in [0.2, 0.25) is 0 Å². The second-order valence-corrected chi connectivity index (χ2v) is 7.98. The van der Waals surface area contributed by atoms with Gasteiger partial charge in [-0.25, -0.2) is 8.78 Å². The normalized spacial score (nSPS) is 18.0. The van der Waals surface area contributed by atoms with Crippen molar-refractivity contribution >= 4 is 0 Å². The van der Waals surface area contributed by atoms with E-state index >= 15 is 4.39 Å². The standard InChI is InChI=1S/C21H42F2/c1-8-15-21(23,19(6,11-4)12-5)17-14-13-16-20(7,22)18(9-2)10-3/h18H,8-17H2,1-7H3. The summed E-state index contributed by atoms with van der Waals surface area (Å²) in [5, 5.41) is 0. The largest absolute Gasteiger partial charge is 0.244 e. The first-order valence-corrected chi connectivity index (χ1v) is 10.0. The van der Waals surface area contributed by atoms with Gasteiger partial charge in [0.05, 0.1) is 0 Å². The fourth-order valence-corrected chi connectivity index (χ4v) is 4.23. The first kappa shape index (κ1) is 22.9. The molecule has 140 valence electrons. The topological polar surface area (TPSA) is 0 Å². The Morgan fingerprint density at radius 3 is 1.61 bits per heavy atom. The van der Waals surface area contributed by atoms with Crippen LogP contribution in [0.5, 0.6) is 0 Å². The molecule has 0 heterocycles. The van der Waals surface area contributed by atoms with E-state index in [1.807, 2.05) is 0 Å². The van der Waals surface area contributed by atoms with E-state index < -0.39 is 11.3 Å². The predicted octanol–water partition coefficient (Wildman–Crippen LogP) is 8.05. The monoisotopic (exact) mass is 332 g/mol. The van der Waals surface area contributed by atoms with E-state index in [2.05, 4.69) is 41.5 Å². The number of halogens is 2. The van der Waals surface area contributed by atoms with Gasteiger partial charge in [0.1, 0.15) is 11.3 Å². The summed E-state index contributed by atoms with van der Waals surface area (Å²) >= 11 is 0. The van der Waals surface area contributed by atoms with E-state index in [1.165, 1.54) is 0 Å². The molecular formula is C21H42F2. The van der Waals surface area contributed by atoms with Crippen LogP contribution in [0.2, 0.25) is 0 Å². The van der Waals surface area contributed by atoms with E-state index in [-0.39, 0.29) is 11.3 Å². The zero-order chi connectivity index (χ0) is 18.1. The third-order valence-electron chi connectivity index (χ3n) is 6.61. The smallest absolute Gasteiger partial charge is 0.116 e. The molecule has 0 saturated heterocycles. The fourth-order valence-electron chi connectivity index (χ4n) is 4.23. The molecule has 23 heavy (non-hydrogen) atoms. The SMILES string of the molecule is CCCC(F)(CCCCC(C)(F)C(CC)CC)C(C)(CC)CC. The molecule has 0 radical (unpaired) electrons. The maximum Gasteiger partial charge on any atom is 0.116 e. The zero-order valence-electron chi connectivity index (χ0n) is 16.9. The molecule has 2 atom stereocenters. The molecule has 0 spiro atoms. The average Bonchev–Trinajstić information content (AvgIpc) is 2.51. The number of rotatable bonds is 13. The highest BCUT2D eigenvalue weighted by atomic mass is 19.1. The summed E-state index contributed by atoms with van der Waals surface area (Å²) in [5.74, 6) is 0.129. The Balaban J connectivity index is 4.67. The van der Waals surface area contributed by atoms with Crippen LogP contribution in [0.3, 0.4) is 0 Å². The van der Waals surface area contributed by atoms with Crippen LogP contribution in [-0.2, 0) is 0 Å². The first-order valence-electron chi connectivity index (χ1n) is 10.0. The Morgan fingerprint density at radius 2 is 1.22 bits per heavy atom. The molecule has 0 nitrogen and oxygen atoms in total. The van der Waals surface area contributed by atoms with Crippen LogP contribution in [0.4, 0.5) is 8.78 Å². The molecule has 0 aliphatic heterocycles. The molecule has 0 N–H and O–H groups in total. The Kier molecular flexibility index (Phi) is 9.93. The summed E-state index contributed by atoms with van der Waals surface area (Å²) < 4.78 is 30.5. The van der Waals surface area contributed by atoms with Gasteiger partial charge in [0, 0.05) is 5.41 Å². The van der Waals surface area contributed by atoms with E-state index in [0.717, 1.165) is 44.9 Å². The fraction of sp³-hybridized carbons (Fsp3) is 1.00. The third kappa shape index (κ3) is 6.02. The highest BCUT2D eigenvalue weighted by Crippen LogP contribution is 2.47. The molecule has 0 aromatic heterocycles. The summed E-state index contributed by atoms with van der Waals surface area (Å²) in [5.41, 5.74) is -2.46. The van der Waals surface area contributed by atoms with Crippen molar-refractivity contribution in [2.45, 2.75) is 124 Å². The third-order valence-corrected chi connectivity index (χ3v) is 6.61. The van der Waals surface area contributed by atoms with Crippen molar-refractivity contribution in [3.63, 3.8) is 0 Å². The van der Waals surface area contributed by atoms with Gasteiger partial charge in [0.15, 0.2) is 0 Å². The maximum absolute atomic E-state index is 15.7. The van der Waals surface area contributed by atoms with Crippen molar-refractivity contribution in [2.75, 3.05) is 0 Å². The Labute approximate surface area is 144 Å². The average molecular weight is 333 g/mol. The van der Waals surface area contributed by atoms with E-state index in [4.69, 9.17) is 0 Å². The molecule has 0 saturated carbocycles. The van der Waals surface area contributed by atoms with Gasteiger partial charge < -0.3 is 0 Å². The number of hydrogen-bond donors (Lipinski definition) is 0. The molecule has 0 aliphatic carbocycles. The Morgan fingerprint density at radius 1 is 0.739 bits per heavy atom. The minimum absolute atomic E-state index is 0.129. The van der Waals surface area contributed by atoms with Crippen LogP contribution < -0.4 is 0 Å². The molecular weight excluding hydrogens is 290 g/mol. The summed E-state index contributed by atoms with van der Waals surface area (Å²) in [7, 11) is 0.